The summed E-state index contributed by atoms with van der Waals surface area (Å²) >= 11 is 0. The summed E-state index contributed by atoms with van der Waals surface area (Å²) in [7, 11) is -0.242. The average Bonchev–Trinajstić information content (AvgIpc) is 3.17. The summed E-state index contributed by atoms with van der Waals surface area (Å²) in [6.07, 6.45) is 4.36. The number of alkyl carbamates (subject to hydrolysis) is 1. The Labute approximate surface area is 316 Å². The van der Waals surface area contributed by atoms with Crippen LogP contribution in [0.25, 0.3) is 0 Å². The van der Waals surface area contributed by atoms with Gasteiger partial charge in [0.05, 0.1) is 26.4 Å². The van der Waals surface area contributed by atoms with Crippen LogP contribution in [-0.4, -0.2) is 37.1 Å². The minimum absolute atomic E-state index is 0.0214. The highest BCUT2D eigenvalue weighted by molar-refractivity contribution is 7.41. The molecule has 2 aliphatic rings. The number of Topliss-reactive ketones (excluding diaryl/α,β-unsaturated/α-hetero) is 1. The molecule has 0 bridgehead atoms. The molecule has 1 saturated carbocycles. The zero-order chi connectivity index (χ0) is 38.6. The molecule has 1 fully saturated rings. The number of fused-ring (bicyclic) bond motifs is 1. The van der Waals surface area contributed by atoms with Crippen molar-refractivity contribution in [3.05, 3.63) is 126 Å². The van der Waals surface area contributed by atoms with Crippen LogP contribution in [0.1, 0.15) is 82.3 Å². The number of hydrogen-bond donors (Lipinski definition) is 1. The van der Waals surface area contributed by atoms with Crippen molar-refractivity contribution in [3.63, 3.8) is 0 Å². The lowest BCUT2D eigenvalue weighted by atomic mass is 9.51. The van der Waals surface area contributed by atoms with E-state index in [0.717, 1.165) is 17.5 Å². The molecule has 53 heavy (non-hydrogen) atoms. The number of methoxy groups -OCH3 is 1. The van der Waals surface area contributed by atoms with Crippen molar-refractivity contribution in [2.24, 2.45) is 22.7 Å². The SMILES string of the molecule is C=C[C@]1(C)C[C@@H](OC(=O)NC(=O)c2ccc(OC)cc2)[C@@]2(C)/C(=C\[C@@H](C)C1OP(OCc1ccccc1)OCc1ccccc1)CC2C.CCC(C)=O. The van der Waals surface area contributed by atoms with Crippen molar-refractivity contribution in [3.8, 4) is 5.75 Å². The molecule has 6 atom stereocenters. The van der Waals surface area contributed by atoms with Crippen LogP contribution in [0.15, 0.2) is 109 Å². The number of benzene rings is 3. The van der Waals surface area contributed by atoms with Crippen LogP contribution in [0, 0.1) is 22.7 Å². The summed E-state index contributed by atoms with van der Waals surface area (Å²) < 4.78 is 30.8. The number of imide groups is 1. The molecule has 0 aromatic heterocycles. The van der Waals surface area contributed by atoms with Crippen LogP contribution >= 0.6 is 8.60 Å². The van der Waals surface area contributed by atoms with Crippen molar-refractivity contribution in [1.82, 2.24) is 5.32 Å². The molecular formula is C43H54NO8P. The molecule has 3 aromatic carbocycles. The van der Waals surface area contributed by atoms with E-state index in [0.29, 0.717) is 37.4 Å². The molecule has 2 unspecified atom stereocenters. The van der Waals surface area contributed by atoms with Gasteiger partial charge in [-0.05, 0) is 61.1 Å². The second-order valence-electron chi connectivity index (χ2n) is 14.3. The molecule has 2 amide bonds. The first-order chi connectivity index (χ1) is 25.3. The van der Waals surface area contributed by atoms with Gasteiger partial charge in [-0.1, -0.05) is 113 Å². The molecule has 9 nitrogen and oxygen atoms in total. The maximum atomic E-state index is 13.3. The van der Waals surface area contributed by atoms with E-state index in [-0.39, 0.29) is 17.6 Å². The third-order valence-corrected chi connectivity index (χ3v) is 11.5. The van der Waals surface area contributed by atoms with Gasteiger partial charge in [0.25, 0.3) is 5.91 Å². The van der Waals surface area contributed by atoms with E-state index in [1.54, 1.807) is 38.3 Å². The highest BCUT2D eigenvalue weighted by atomic mass is 31.2. The third kappa shape index (κ3) is 11.0. The van der Waals surface area contributed by atoms with Gasteiger partial charge in [0.15, 0.2) is 0 Å². The minimum Gasteiger partial charge on any atom is -0.497 e. The summed E-state index contributed by atoms with van der Waals surface area (Å²) in [5.74, 6) is 0.563. The van der Waals surface area contributed by atoms with Crippen LogP contribution in [0.3, 0.4) is 0 Å². The fourth-order valence-electron chi connectivity index (χ4n) is 6.69. The number of amides is 2. The molecular weight excluding hydrogens is 689 g/mol. The normalized spacial score (nSPS) is 25.8. The lowest BCUT2D eigenvalue weighted by molar-refractivity contribution is -0.116. The summed E-state index contributed by atoms with van der Waals surface area (Å²) in [5, 5.41) is 2.42. The standard InChI is InChI=1S/C39H46NO7P.C4H8O/c1-7-38(4)24-34(46-37(42)40-36(41)31-18-20-33(43-6)21-19-31)39(5)28(3)23-32(39)22-27(2)35(38)47-48(44-25-29-14-10-8-11-15-29)45-26-30-16-12-9-13-17-30;1-3-4(2)5/h7-22,27-28,34-35H,1,23-26H2,2-6H3,(H,40,41,42);3H2,1-2H3/b32-22-;/t27-,28?,34-,35?,38-,39-;/m1./s1. The quantitative estimate of drug-likeness (QED) is 0.136. The third-order valence-electron chi connectivity index (χ3n) is 10.5. The molecule has 1 N–H and O–H groups in total. The molecule has 0 saturated heterocycles. The monoisotopic (exact) mass is 743 g/mol. The summed E-state index contributed by atoms with van der Waals surface area (Å²) in [5.41, 5.74) is 2.49. The topological polar surface area (TPSA) is 109 Å². The molecule has 10 heteroatoms. The van der Waals surface area contributed by atoms with E-state index in [1.807, 2.05) is 73.7 Å². The lowest BCUT2D eigenvalue weighted by Crippen LogP contribution is -2.55. The zero-order valence-corrected chi connectivity index (χ0v) is 32.9. The number of ether oxygens (including phenoxy) is 2. The Morgan fingerprint density at radius 1 is 0.906 bits per heavy atom. The van der Waals surface area contributed by atoms with Crippen molar-refractivity contribution in [2.75, 3.05) is 7.11 Å². The molecule has 0 radical (unpaired) electrons. The number of carbonyl (C=O) groups excluding carboxylic acids is 3. The zero-order valence-electron chi connectivity index (χ0n) is 32.0. The summed E-state index contributed by atoms with van der Waals surface area (Å²) in [4.78, 5) is 36.0. The van der Waals surface area contributed by atoms with Crippen LogP contribution in [0.2, 0.25) is 0 Å². The predicted molar refractivity (Wildman–Crippen MR) is 208 cm³/mol. The van der Waals surface area contributed by atoms with Crippen molar-refractivity contribution in [2.45, 2.75) is 86.2 Å². The van der Waals surface area contributed by atoms with Gasteiger partial charge in [0, 0.05) is 28.7 Å². The van der Waals surface area contributed by atoms with E-state index >= 15 is 0 Å². The molecule has 5 rings (SSSR count). The Bertz CT molecular complexity index is 1650. The Morgan fingerprint density at radius 2 is 1.45 bits per heavy atom. The number of nitrogens with one attached hydrogen (secondary N) is 1. The fraction of sp³-hybridized carbons (Fsp3) is 0.419. The smallest absolute Gasteiger partial charge is 0.414 e. The largest absolute Gasteiger partial charge is 0.497 e. The Hall–Kier alpha value is -4.14. The van der Waals surface area contributed by atoms with Crippen molar-refractivity contribution < 1.29 is 37.4 Å². The van der Waals surface area contributed by atoms with Gasteiger partial charge in [0.2, 0.25) is 0 Å². The lowest BCUT2D eigenvalue weighted by Gasteiger charge is -2.56. The highest BCUT2D eigenvalue weighted by Gasteiger charge is 2.56. The van der Waals surface area contributed by atoms with Gasteiger partial charge in [-0.25, -0.2) is 4.79 Å². The predicted octanol–water partition coefficient (Wildman–Crippen LogP) is 10.2. The van der Waals surface area contributed by atoms with Crippen LogP contribution in [0.5, 0.6) is 5.75 Å². The van der Waals surface area contributed by atoms with Crippen molar-refractivity contribution >= 4 is 26.4 Å². The van der Waals surface area contributed by atoms with Gasteiger partial charge in [0.1, 0.15) is 17.6 Å². The second-order valence-corrected chi connectivity index (χ2v) is 15.4. The number of rotatable bonds is 13. The maximum Gasteiger partial charge on any atom is 0.414 e. The van der Waals surface area contributed by atoms with E-state index in [9.17, 15) is 14.4 Å². The number of hydrogen-bond acceptors (Lipinski definition) is 8. The Kier molecular flexibility index (Phi) is 15.1. The maximum absolute atomic E-state index is 13.3. The van der Waals surface area contributed by atoms with E-state index in [1.165, 1.54) is 5.57 Å². The van der Waals surface area contributed by atoms with Gasteiger partial charge in [-0.3, -0.25) is 10.1 Å². The summed E-state index contributed by atoms with van der Waals surface area (Å²) in [6.45, 7) is 16.9. The van der Waals surface area contributed by atoms with Crippen LogP contribution in [0.4, 0.5) is 4.79 Å². The van der Waals surface area contributed by atoms with E-state index < -0.39 is 43.6 Å². The average molecular weight is 744 g/mol. The highest BCUT2D eigenvalue weighted by Crippen LogP contribution is 2.60. The van der Waals surface area contributed by atoms with Crippen molar-refractivity contribution in [1.29, 1.82) is 0 Å². The first-order valence-electron chi connectivity index (χ1n) is 18.1. The second kappa shape index (κ2) is 19.3. The van der Waals surface area contributed by atoms with Gasteiger partial charge in [-0.15, -0.1) is 6.58 Å². The molecule has 3 aromatic rings. The van der Waals surface area contributed by atoms with Crippen LogP contribution < -0.4 is 10.1 Å². The molecule has 0 aliphatic heterocycles. The summed E-state index contributed by atoms with van der Waals surface area (Å²) in [6, 6.07) is 26.4. The number of ketones is 1. The van der Waals surface area contributed by atoms with E-state index in [2.05, 4.69) is 45.7 Å². The Balaban J connectivity index is 0.00000117. The van der Waals surface area contributed by atoms with Crippen LogP contribution in [-0.2, 0) is 36.3 Å². The number of carbonyl (C=O) groups is 3. The molecule has 0 spiro atoms. The fourth-order valence-corrected chi connectivity index (χ4v) is 8.02. The Morgan fingerprint density at radius 3 is 1.92 bits per heavy atom. The first kappa shape index (κ1) is 41.6. The van der Waals surface area contributed by atoms with Gasteiger partial charge < -0.3 is 27.8 Å². The molecule has 2 aliphatic carbocycles. The molecule has 284 valence electrons. The van der Waals surface area contributed by atoms with Gasteiger partial charge in [-0.2, -0.15) is 0 Å². The minimum atomic E-state index is -1.79. The molecule has 0 heterocycles. The first-order valence-corrected chi connectivity index (χ1v) is 19.2. The van der Waals surface area contributed by atoms with E-state index in [4.69, 9.17) is 23.0 Å². The van der Waals surface area contributed by atoms with Gasteiger partial charge >= 0.3 is 14.7 Å².